The van der Waals surface area contributed by atoms with Crippen molar-refractivity contribution in [3.63, 3.8) is 0 Å². The van der Waals surface area contributed by atoms with Gasteiger partial charge in [-0.25, -0.2) is 0 Å². The molecule has 53 valence electrons. The third-order valence-electron chi connectivity index (χ3n) is 1.15. The van der Waals surface area contributed by atoms with Gasteiger partial charge in [0.15, 0.2) is 0 Å². The number of nitrogens with one attached hydrogen (secondary N) is 1. The summed E-state index contributed by atoms with van der Waals surface area (Å²) in [4.78, 5) is 0. The number of ether oxygens (including phenoxy) is 1. The summed E-state index contributed by atoms with van der Waals surface area (Å²) in [7, 11) is 1.53. The van der Waals surface area contributed by atoms with Crippen molar-refractivity contribution in [2.24, 2.45) is 0 Å². The molecule has 1 N–H and O–H groups in total. The summed E-state index contributed by atoms with van der Waals surface area (Å²) in [5.74, 6) is 0.550. The topological polar surface area (TPSA) is 33.0 Å². The van der Waals surface area contributed by atoms with Crippen LogP contribution >= 0.6 is 11.6 Å². The van der Waals surface area contributed by atoms with Crippen LogP contribution in [0.4, 0.5) is 5.69 Å². The van der Waals surface area contributed by atoms with Gasteiger partial charge in [-0.3, -0.25) is 0 Å². The van der Waals surface area contributed by atoms with Crippen LogP contribution in [-0.2, 0) is 0 Å². The Labute approximate surface area is 64.6 Å². The predicted octanol–water partition coefficient (Wildman–Crippen LogP) is 2.26. The molecular formula is C7H7ClNO. The van der Waals surface area contributed by atoms with Gasteiger partial charge in [0.2, 0.25) is 0 Å². The Balaban J connectivity index is 3.09. The van der Waals surface area contributed by atoms with Crippen molar-refractivity contribution < 1.29 is 4.74 Å². The second-order valence-corrected chi connectivity index (χ2v) is 2.26. The molecule has 0 saturated carbocycles. The number of halogens is 1. The van der Waals surface area contributed by atoms with Crippen molar-refractivity contribution in [2.75, 3.05) is 7.11 Å². The lowest BCUT2D eigenvalue weighted by Crippen LogP contribution is -1.83. The van der Waals surface area contributed by atoms with Gasteiger partial charge in [0.05, 0.1) is 17.8 Å². The van der Waals surface area contributed by atoms with Crippen LogP contribution in [0.15, 0.2) is 18.2 Å². The largest absolute Gasteiger partial charge is 0.495 e. The van der Waals surface area contributed by atoms with Crippen LogP contribution in [-0.4, -0.2) is 7.11 Å². The molecule has 2 nitrogen and oxygen atoms in total. The highest BCUT2D eigenvalue weighted by Gasteiger charge is 1.98. The van der Waals surface area contributed by atoms with E-state index in [0.717, 1.165) is 0 Å². The van der Waals surface area contributed by atoms with Crippen molar-refractivity contribution in [1.29, 1.82) is 0 Å². The van der Waals surface area contributed by atoms with Crippen LogP contribution in [0.5, 0.6) is 5.75 Å². The van der Waals surface area contributed by atoms with E-state index in [2.05, 4.69) is 0 Å². The van der Waals surface area contributed by atoms with E-state index in [9.17, 15) is 0 Å². The SMILES string of the molecule is COc1cc([NH])ccc1Cl. The molecule has 0 spiro atoms. The quantitative estimate of drug-likeness (QED) is 0.614. The fourth-order valence-corrected chi connectivity index (χ4v) is 0.854. The number of rotatable bonds is 1. The van der Waals surface area contributed by atoms with Crippen molar-refractivity contribution in [2.45, 2.75) is 0 Å². The normalized spacial score (nSPS) is 9.40. The fourth-order valence-electron chi connectivity index (χ4n) is 0.660. The van der Waals surface area contributed by atoms with Gasteiger partial charge < -0.3 is 10.5 Å². The van der Waals surface area contributed by atoms with E-state index in [-0.39, 0.29) is 0 Å². The van der Waals surface area contributed by atoms with Gasteiger partial charge in [0.1, 0.15) is 5.75 Å². The molecule has 0 saturated heterocycles. The molecule has 0 amide bonds. The van der Waals surface area contributed by atoms with Crippen LogP contribution in [0.2, 0.25) is 5.02 Å². The molecule has 1 rings (SSSR count). The van der Waals surface area contributed by atoms with Crippen LogP contribution in [0.3, 0.4) is 0 Å². The highest BCUT2D eigenvalue weighted by molar-refractivity contribution is 6.32. The molecule has 0 unspecified atom stereocenters. The maximum atomic E-state index is 7.20. The van der Waals surface area contributed by atoms with Gasteiger partial charge in [-0.05, 0) is 12.1 Å². The van der Waals surface area contributed by atoms with Gasteiger partial charge in [-0.1, -0.05) is 11.6 Å². The standard InChI is InChI=1S/C7H7ClNO/c1-10-7-4-5(9)2-3-6(7)8/h2-4,9H,1H3. The maximum absolute atomic E-state index is 7.20. The molecule has 3 heteroatoms. The first kappa shape index (κ1) is 7.22. The predicted molar refractivity (Wildman–Crippen MR) is 40.8 cm³/mol. The Bertz CT molecular complexity index is 237. The lowest BCUT2D eigenvalue weighted by Gasteiger charge is -2.01. The molecule has 1 aromatic rings. The molecule has 0 aromatic heterocycles. The number of hydrogen-bond acceptors (Lipinski definition) is 1. The average Bonchev–Trinajstić information content (AvgIpc) is 1.94. The molecule has 0 bridgehead atoms. The van der Waals surface area contributed by atoms with Gasteiger partial charge in [0, 0.05) is 6.07 Å². The Hall–Kier alpha value is -0.890. The first-order valence-corrected chi connectivity index (χ1v) is 3.17. The third kappa shape index (κ3) is 1.33. The lowest BCUT2D eigenvalue weighted by atomic mass is 10.3. The van der Waals surface area contributed by atoms with Crippen LogP contribution in [0.25, 0.3) is 0 Å². The van der Waals surface area contributed by atoms with Crippen LogP contribution in [0.1, 0.15) is 0 Å². The molecule has 1 aromatic carbocycles. The maximum Gasteiger partial charge on any atom is 0.139 e. The van der Waals surface area contributed by atoms with E-state index in [4.69, 9.17) is 22.1 Å². The number of benzene rings is 1. The number of hydrogen-bond donors (Lipinski definition) is 0. The van der Waals surface area contributed by atoms with Gasteiger partial charge in [0.25, 0.3) is 0 Å². The summed E-state index contributed by atoms with van der Waals surface area (Å²) in [6, 6.07) is 4.83. The Kier molecular flexibility index (Phi) is 2.02. The lowest BCUT2D eigenvalue weighted by molar-refractivity contribution is 0.415. The smallest absolute Gasteiger partial charge is 0.139 e. The zero-order valence-electron chi connectivity index (χ0n) is 5.52. The highest BCUT2D eigenvalue weighted by atomic mass is 35.5. The molecule has 0 aliphatic carbocycles. The molecular weight excluding hydrogens is 150 g/mol. The van der Waals surface area contributed by atoms with Gasteiger partial charge in [-0.2, -0.15) is 0 Å². The van der Waals surface area contributed by atoms with Gasteiger partial charge in [-0.15, -0.1) is 0 Å². The van der Waals surface area contributed by atoms with Crippen molar-refractivity contribution in [1.82, 2.24) is 5.73 Å². The summed E-state index contributed by atoms with van der Waals surface area (Å²) in [5.41, 5.74) is 7.60. The summed E-state index contributed by atoms with van der Waals surface area (Å²) in [6.07, 6.45) is 0. The van der Waals surface area contributed by atoms with Gasteiger partial charge >= 0.3 is 0 Å². The first-order valence-electron chi connectivity index (χ1n) is 2.79. The summed E-state index contributed by atoms with van der Waals surface area (Å²) in [5, 5.41) is 0.540. The van der Waals surface area contributed by atoms with E-state index >= 15 is 0 Å². The van der Waals surface area contributed by atoms with E-state index in [1.807, 2.05) is 0 Å². The summed E-state index contributed by atoms with van der Waals surface area (Å²) in [6.45, 7) is 0. The minimum atomic E-state index is 0.404. The second kappa shape index (κ2) is 2.80. The Morgan fingerprint density at radius 3 is 2.70 bits per heavy atom. The highest BCUT2D eigenvalue weighted by Crippen LogP contribution is 2.26. The molecule has 0 aliphatic rings. The Morgan fingerprint density at radius 1 is 1.50 bits per heavy atom. The second-order valence-electron chi connectivity index (χ2n) is 1.85. The zero-order chi connectivity index (χ0) is 7.56. The fraction of sp³-hybridized carbons (Fsp3) is 0.143. The molecule has 1 radical (unpaired) electrons. The van der Waals surface area contributed by atoms with Crippen molar-refractivity contribution in [3.05, 3.63) is 23.2 Å². The van der Waals surface area contributed by atoms with E-state index < -0.39 is 0 Å². The third-order valence-corrected chi connectivity index (χ3v) is 1.46. The van der Waals surface area contributed by atoms with E-state index in [1.165, 1.54) is 7.11 Å². The molecule has 10 heavy (non-hydrogen) atoms. The number of methoxy groups -OCH3 is 1. The monoisotopic (exact) mass is 156 g/mol. The molecule has 0 heterocycles. The summed E-state index contributed by atoms with van der Waals surface area (Å²) < 4.78 is 4.87. The van der Waals surface area contributed by atoms with Crippen molar-refractivity contribution >= 4 is 17.3 Å². The van der Waals surface area contributed by atoms with Crippen molar-refractivity contribution in [3.8, 4) is 5.75 Å². The minimum absolute atomic E-state index is 0.404. The van der Waals surface area contributed by atoms with E-state index in [0.29, 0.717) is 16.5 Å². The Morgan fingerprint density at radius 2 is 2.20 bits per heavy atom. The molecule has 0 fully saturated rings. The molecule has 0 atom stereocenters. The molecule has 0 aliphatic heterocycles. The van der Waals surface area contributed by atoms with E-state index in [1.54, 1.807) is 18.2 Å². The summed E-state index contributed by atoms with van der Waals surface area (Å²) >= 11 is 5.69. The zero-order valence-corrected chi connectivity index (χ0v) is 6.27. The van der Waals surface area contributed by atoms with Crippen LogP contribution < -0.4 is 10.5 Å². The minimum Gasteiger partial charge on any atom is -0.495 e. The first-order chi connectivity index (χ1) is 4.74. The average molecular weight is 157 g/mol. The van der Waals surface area contributed by atoms with Crippen LogP contribution in [0, 0.1) is 0 Å².